The minimum Gasteiger partial charge on any atom is -0.321 e. The number of nitrogens with one attached hydrogen (secondary N) is 1. The first-order valence-corrected chi connectivity index (χ1v) is 8.96. The van der Waals surface area contributed by atoms with Gasteiger partial charge in [0.25, 0.3) is 0 Å². The van der Waals surface area contributed by atoms with Crippen LogP contribution in [0.15, 0.2) is 10.8 Å². The summed E-state index contributed by atoms with van der Waals surface area (Å²) in [5.41, 5.74) is 2.58. The summed E-state index contributed by atoms with van der Waals surface area (Å²) in [5, 5.41) is 7.92. The van der Waals surface area contributed by atoms with Crippen LogP contribution in [0.3, 0.4) is 0 Å². The molecule has 1 N–H and O–H groups in total. The molecule has 0 aromatic carbocycles. The van der Waals surface area contributed by atoms with Gasteiger partial charge >= 0.3 is 0 Å². The highest BCUT2D eigenvalue weighted by Gasteiger charge is 2.41. The first-order chi connectivity index (χ1) is 9.93. The van der Waals surface area contributed by atoms with Gasteiger partial charge in [-0.05, 0) is 47.1 Å². The number of rotatable bonds is 6. The Kier molecular flexibility index (Phi) is 5.44. The predicted molar refractivity (Wildman–Crippen MR) is 89.2 cm³/mol. The maximum Gasteiger partial charge on any atom is 0.241 e. The molecule has 21 heavy (non-hydrogen) atoms. The van der Waals surface area contributed by atoms with Crippen LogP contribution in [0.1, 0.15) is 51.7 Å². The van der Waals surface area contributed by atoms with E-state index in [4.69, 9.17) is 0 Å². The molecule has 118 valence electrons. The number of aryl methyl sites for hydroxylation is 1. The van der Waals surface area contributed by atoms with Gasteiger partial charge in [-0.3, -0.25) is 10.1 Å². The van der Waals surface area contributed by atoms with Gasteiger partial charge in [0.1, 0.15) is 0 Å². The van der Waals surface area contributed by atoms with Gasteiger partial charge in [-0.2, -0.15) is 11.3 Å². The van der Waals surface area contributed by atoms with Gasteiger partial charge in [0, 0.05) is 6.54 Å². The number of carbonyl (C=O) groups excluding carboxylic acids is 1. The van der Waals surface area contributed by atoms with Crippen molar-refractivity contribution in [2.75, 3.05) is 0 Å². The third-order valence-electron chi connectivity index (χ3n) is 4.51. The third-order valence-corrected chi connectivity index (χ3v) is 5.42. The molecular formula is C17H28N2OS. The molecule has 0 saturated carbocycles. The summed E-state index contributed by atoms with van der Waals surface area (Å²) in [6, 6.07) is -0.0160. The molecule has 0 radical (unpaired) electrons. The Morgan fingerprint density at radius 3 is 2.57 bits per heavy atom. The van der Waals surface area contributed by atoms with Gasteiger partial charge in [-0.15, -0.1) is 0 Å². The van der Waals surface area contributed by atoms with Crippen LogP contribution in [0.4, 0.5) is 0 Å². The maximum atomic E-state index is 12.8. The van der Waals surface area contributed by atoms with Crippen molar-refractivity contribution in [3.05, 3.63) is 21.9 Å². The Morgan fingerprint density at radius 2 is 2.05 bits per heavy atom. The summed E-state index contributed by atoms with van der Waals surface area (Å²) >= 11 is 1.72. The number of carbonyl (C=O) groups is 1. The van der Waals surface area contributed by atoms with E-state index in [1.807, 2.05) is 0 Å². The van der Waals surface area contributed by atoms with Crippen molar-refractivity contribution >= 4 is 17.2 Å². The van der Waals surface area contributed by atoms with Gasteiger partial charge in [-0.25, -0.2) is 0 Å². The second kappa shape index (κ2) is 6.93. The zero-order valence-corrected chi connectivity index (χ0v) is 14.7. The molecule has 0 bridgehead atoms. The lowest BCUT2D eigenvalue weighted by molar-refractivity contribution is -0.131. The summed E-state index contributed by atoms with van der Waals surface area (Å²) in [5.74, 6) is 1.25. The molecule has 2 rings (SSSR count). The van der Waals surface area contributed by atoms with E-state index in [1.54, 1.807) is 11.3 Å². The minimum atomic E-state index is -0.0160. The van der Waals surface area contributed by atoms with Gasteiger partial charge < -0.3 is 4.90 Å². The van der Waals surface area contributed by atoms with Crippen molar-refractivity contribution in [2.24, 2.45) is 11.8 Å². The van der Waals surface area contributed by atoms with Crippen molar-refractivity contribution < 1.29 is 4.79 Å². The lowest BCUT2D eigenvalue weighted by atomic mass is 9.99. The molecule has 1 fully saturated rings. The van der Waals surface area contributed by atoms with Crippen molar-refractivity contribution in [2.45, 2.75) is 66.2 Å². The van der Waals surface area contributed by atoms with Crippen LogP contribution in [0.5, 0.6) is 0 Å². The largest absolute Gasteiger partial charge is 0.321 e. The third kappa shape index (κ3) is 3.67. The topological polar surface area (TPSA) is 32.3 Å². The van der Waals surface area contributed by atoms with Crippen LogP contribution in [0.2, 0.25) is 0 Å². The van der Waals surface area contributed by atoms with Crippen molar-refractivity contribution in [3.63, 3.8) is 0 Å². The van der Waals surface area contributed by atoms with E-state index in [9.17, 15) is 4.79 Å². The molecule has 1 aromatic heterocycles. The first kappa shape index (κ1) is 16.5. The quantitative estimate of drug-likeness (QED) is 0.867. The van der Waals surface area contributed by atoms with E-state index in [0.29, 0.717) is 11.8 Å². The lowest BCUT2D eigenvalue weighted by Gasteiger charge is -2.25. The van der Waals surface area contributed by atoms with E-state index >= 15 is 0 Å². The standard InChI is InChI=1S/C17H28N2OS/c1-6-12(4)16-17(20)19(15(18-16)7-11(2)3)8-14-10-21-9-13(14)5/h9-12,15-16,18H,6-8H2,1-5H3. The molecule has 0 aliphatic carbocycles. The highest BCUT2D eigenvalue weighted by Crippen LogP contribution is 2.26. The second-order valence-electron chi connectivity index (χ2n) is 6.72. The summed E-state index contributed by atoms with van der Waals surface area (Å²) in [6.45, 7) is 11.6. The number of nitrogens with zero attached hydrogens (tertiary/aromatic N) is 1. The Hall–Kier alpha value is -0.870. The van der Waals surface area contributed by atoms with Crippen LogP contribution in [-0.2, 0) is 11.3 Å². The van der Waals surface area contributed by atoms with Gasteiger partial charge in [0.05, 0.1) is 12.2 Å². The molecule has 3 nitrogen and oxygen atoms in total. The SMILES string of the molecule is CCC(C)C1NC(CC(C)C)N(Cc2cscc2C)C1=O. The highest BCUT2D eigenvalue weighted by molar-refractivity contribution is 7.08. The Balaban J connectivity index is 2.17. The molecule has 1 aliphatic rings. The van der Waals surface area contributed by atoms with E-state index in [1.165, 1.54) is 11.1 Å². The average Bonchev–Trinajstić information content (AvgIpc) is 2.96. The molecule has 3 unspecified atom stereocenters. The van der Waals surface area contributed by atoms with Crippen molar-refractivity contribution in [1.82, 2.24) is 10.2 Å². The smallest absolute Gasteiger partial charge is 0.241 e. The van der Waals surface area contributed by atoms with Crippen LogP contribution in [0, 0.1) is 18.8 Å². The monoisotopic (exact) mass is 308 g/mol. The molecule has 3 atom stereocenters. The fraction of sp³-hybridized carbons (Fsp3) is 0.706. The lowest BCUT2D eigenvalue weighted by Crippen LogP contribution is -2.38. The normalized spacial score (nSPS) is 24.1. The van der Waals surface area contributed by atoms with Gasteiger partial charge in [-0.1, -0.05) is 34.1 Å². The summed E-state index contributed by atoms with van der Waals surface area (Å²) < 4.78 is 0. The summed E-state index contributed by atoms with van der Waals surface area (Å²) in [4.78, 5) is 14.9. The van der Waals surface area contributed by atoms with Gasteiger partial charge in [0.2, 0.25) is 5.91 Å². The van der Waals surface area contributed by atoms with E-state index in [-0.39, 0.29) is 18.1 Å². The molecular weight excluding hydrogens is 280 g/mol. The van der Waals surface area contributed by atoms with Crippen molar-refractivity contribution in [1.29, 1.82) is 0 Å². The van der Waals surface area contributed by atoms with Crippen molar-refractivity contribution in [3.8, 4) is 0 Å². The summed E-state index contributed by atoms with van der Waals surface area (Å²) in [6.07, 6.45) is 2.22. The molecule has 1 amide bonds. The molecule has 0 spiro atoms. The Labute approximate surface area is 132 Å². The molecule has 1 aromatic rings. The number of hydrogen-bond donors (Lipinski definition) is 1. The molecule has 2 heterocycles. The highest BCUT2D eigenvalue weighted by atomic mass is 32.1. The molecule has 1 aliphatic heterocycles. The molecule has 4 heteroatoms. The van der Waals surface area contributed by atoms with Crippen LogP contribution in [0.25, 0.3) is 0 Å². The van der Waals surface area contributed by atoms with E-state index in [0.717, 1.165) is 19.4 Å². The first-order valence-electron chi connectivity index (χ1n) is 8.02. The zero-order chi connectivity index (χ0) is 15.6. The number of hydrogen-bond acceptors (Lipinski definition) is 3. The van der Waals surface area contributed by atoms with E-state index < -0.39 is 0 Å². The Bertz CT molecular complexity index is 483. The second-order valence-corrected chi connectivity index (χ2v) is 7.46. The fourth-order valence-corrected chi connectivity index (χ4v) is 3.75. The fourth-order valence-electron chi connectivity index (χ4n) is 2.91. The minimum absolute atomic E-state index is 0.0160. The Morgan fingerprint density at radius 1 is 1.33 bits per heavy atom. The average molecular weight is 308 g/mol. The zero-order valence-electron chi connectivity index (χ0n) is 13.8. The molecule has 1 saturated heterocycles. The van der Waals surface area contributed by atoms with Crippen LogP contribution < -0.4 is 5.32 Å². The van der Waals surface area contributed by atoms with Crippen LogP contribution >= 0.6 is 11.3 Å². The number of thiophene rings is 1. The van der Waals surface area contributed by atoms with Gasteiger partial charge in [0.15, 0.2) is 0 Å². The number of amides is 1. The maximum absolute atomic E-state index is 12.8. The summed E-state index contributed by atoms with van der Waals surface area (Å²) in [7, 11) is 0. The van der Waals surface area contributed by atoms with E-state index in [2.05, 4.69) is 55.6 Å². The predicted octanol–water partition coefficient (Wildman–Crippen LogP) is 3.78. The van der Waals surface area contributed by atoms with Crippen LogP contribution in [-0.4, -0.2) is 23.0 Å².